The Kier molecular flexibility index (Phi) is 5.61. The molecule has 1 aliphatic rings. The van der Waals surface area contributed by atoms with E-state index in [2.05, 4.69) is 15.0 Å². The molecule has 3 rings (SSSR count). The predicted octanol–water partition coefficient (Wildman–Crippen LogP) is 3.98. The van der Waals surface area contributed by atoms with Gasteiger partial charge in [-0.15, -0.1) is 11.3 Å². The van der Waals surface area contributed by atoms with E-state index in [0.717, 1.165) is 31.1 Å². The maximum atomic E-state index is 13.5. The first kappa shape index (κ1) is 18.2. The zero-order valence-corrected chi connectivity index (χ0v) is 14.1. The molecule has 8 heteroatoms. The van der Waals surface area contributed by atoms with Gasteiger partial charge in [-0.25, -0.2) is 0 Å². The average Bonchev–Trinajstić information content (AvgIpc) is 3.11. The minimum Gasteiger partial charge on any atom is -0.428 e. The lowest BCUT2D eigenvalue weighted by molar-refractivity contribution is -0.253. The number of piperazine rings is 1. The molecule has 2 heterocycles. The summed E-state index contributed by atoms with van der Waals surface area (Å²) in [6, 6.07) is 9.66. The Hall–Kier alpha value is -1.64. The Morgan fingerprint density at radius 2 is 1.80 bits per heavy atom. The summed E-state index contributed by atoms with van der Waals surface area (Å²) in [5.74, 6) is -0.218. The number of halogens is 4. The molecular formula is C17H18F4N2OS. The summed E-state index contributed by atoms with van der Waals surface area (Å²) in [5, 5.41) is 5.15. The number of benzene rings is 1. The van der Waals surface area contributed by atoms with Crippen molar-refractivity contribution >= 4 is 11.3 Å². The highest BCUT2D eigenvalue weighted by molar-refractivity contribution is 7.10. The lowest BCUT2D eigenvalue weighted by Crippen LogP contribution is -2.45. The van der Waals surface area contributed by atoms with Gasteiger partial charge in [-0.3, -0.25) is 4.90 Å². The Morgan fingerprint density at radius 1 is 1.08 bits per heavy atom. The van der Waals surface area contributed by atoms with Gasteiger partial charge in [0.2, 0.25) is 0 Å². The predicted molar refractivity (Wildman–Crippen MR) is 88.6 cm³/mol. The summed E-state index contributed by atoms with van der Waals surface area (Å²) in [6.07, 6.45) is -8.42. The van der Waals surface area contributed by atoms with Gasteiger partial charge in [-0.05, 0) is 17.5 Å². The average molecular weight is 374 g/mol. The van der Waals surface area contributed by atoms with E-state index in [1.54, 1.807) is 12.1 Å². The van der Waals surface area contributed by atoms with Crippen LogP contribution in [-0.4, -0.2) is 43.6 Å². The number of alkyl halides is 4. The third-order valence-corrected chi connectivity index (χ3v) is 4.97. The molecule has 0 bridgehead atoms. The zero-order chi connectivity index (χ0) is 17.9. The van der Waals surface area contributed by atoms with Crippen LogP contribution in [0.3, 0.4) is 0 Å². The highest BCUT2D eigenvalue weighted by Crippen LogP contribution is 2.39. The second-order valence-corrected chi connectivity index (χ2v) is 6.69. The molecule has 1 saturated heterocycles. The molecule has 0 radical (unpaired) electrons. The van der Waals surface area contributed by atoms with Crippen molar-refractivity contribution in [2.24, 2.45) is 0 Å². The topological polar surface area (TPSA) is 24.5 Å². The molecule has 136 valence electrons. The summed E-state index contributed by atoms with van der Waals surface area (Å²) in [7, 11) is 0. The molecule has 1 aromatic carbocycles. The van der Waals surface area contributed by atoms with Crippen LogP contribution in [0.4, 0.5) is 17.6 Å². The lowest BCUT2D eigenvalue weighted by atomic mass is 10.0. The van der Waals surface area contributed by atoms with Crippen molar-refractivity contribution in [3.63, 3.8) is 0 Å². The zero-order valence-electron chi connectivity index (χ0n) is 13.3. The monoisotopic (exact) mass is 374 g/mol. The van der Waals surface area contributed by atoms with Crippen LogP contribution in [0.5, 0.6) is 5.75 Å². The van der Waals surface area contributed by atoms with Crippen LogP contribution >= 0.6 is 11.3 Å². The molecule has 1 fully saturated rings. The Bertz CT molecular complexity index is 675. The molecule has 0 spiro atoms. The van der Waals surface area contributed by atoms with E-state index in [4.69, 9.17) is 0 Å². The van der Waals surface area contributed by atoms with Crippen LogP contribution in [0.1, 0.15) is 16.5 Å². The van der Waals surface area contributed by atoms with E-state index in [9.17, 15) is 17.6 Å². The molecule has 0 unspecified atom stereocenters. The largest absolute Gasteiger partial charge is 0.461 e. The fourth-order valence-electron chi connectivity index (χ4n) is 2.91. The molecule has 1 aliphatic heterocycles. The normalized spacial score (nSPS) is 17.6. The molecule has 1 N–H and O–H groups in total. The van der Waals surface area contributed by atoms with Crippen LogP contribution < -0.4 is 10.1 Å². The second kappa shape index (κ2) is 7.72. The number of hydrogen-bond acceptors (Lipinski definition) is 4. The van der Waals surface area contributed by atoms with E-state index in [1.807, 2.05) is 17.5 Å². The molecule has 3 nitrogen and oxygen atoms in total. The first-order valence-corrected chi connectivity index (χ1v) is 8.79. The highest BCUT2D eigenvalue weighted by Gasteiger charge is 2.44. The first-order valence-electron chi connectivity index (χ1n) is 7.91. The van der Waals surface area contributed by atoms with E-state index in [0.29, 0.717) is 5.56 Å². The van der Waals surface area contributed by atoms with Crippen molar-refractivity contribution in [3.05, 3.63) is 52.2 Å². The Labute approximate surface area is 147 Å². The molecule has 0 aliphatic carbocycles. The van der Waals surface area contributed by atoms with Crippen molar-refractivity contribution in [2.45, 2.75) is 18.6 Å². The minimum atomic E-state index is -4.53. The smallest absolute Gasteiger partial charge is 0.428 e. The number of rotatable bonds is 6. The van der Waals surface area contributed by atoms with Gasteiger partial charge in [-0.2, -0.15) is 17.6 Å². The number of para-hydroxylation sites is 1. The van der Waals surface area contributed by atoms with Crippen molar-refractivity contribution in [1.29, 1.82) is 0 Å². The number of nitrogens with one attached hydrogen (secondary N) is 1. The minimum absolute atomic E-state index is 0.218. The van der Waals surface area contributed by atoms with E-state index >= 15 is 0 Å². The van der Waals surface area contributed by atoms with E-state index in [1.165, 1.54) is 23.5 Å². The first-order chi connectivity index (χ1) is 12.0. The van der Waals surface area contributed by atoms with Crippen molar-refractivity contribution in [1.82, 2.24) is 10.2 Å². The van der Waals surface area contributed by atoms with E-state index < -0.39 is 12.5 Å². The third-order valence-electron chi connectivity index (χ3n) is 4.04. The van der Waals surface area contributed by atoms with Gasteiger partial charge in [0.05, 0.1) is 6.04 Å². The van der Waals surface area contributed by atoms with Crippen molar-refractivity contribution in [2.75, 3.05) is 26.2 Å². The highest BCUT2D eigenvalue weighted by atomic mass is 32.1. The van der Waals surface area contributed by atoms with Gasteiger partial charge in [0, 0.05) is 36.6 Å². The van der Waals surface area contributed by atoms with E-state index in [-0.39, 0.29) is 11.8 Å². The van der Waals surface area contributed by atoms with Crippen LogP contribution in [0.15, 0.2) is 41.8 Å². The molecule has 25 heavy (non-hydrogen) atoms. The second-order valence-electron chi connectivity index (χ2n) is 5.71. The summed E-state index contributed by atoms with van der Waals surface area (Å²) in [5.41, 5.74) is 0.465. The fourth-order valence-corrected chi connectivity index (χ4v) is 3.78. The molecule has 0 amide bonds. The van der Waals surface area contributed by atoms with Crippen molar-refractivity contribution < 1.29 is 22.3 Å². The molecular weight excluding hydrogens is 356 g/mol. The van der Waals surface area contributed by atoms with Gasteiger partial charge in [0.1, 0.15) is 5.75 Å². The van der Waals surface area contributed by atoms with Gasteiger partial charge >= 0.3 is 12.5 Å². The summed E-state index contributed by atoms with van der Waals surface area (Å²) in [6.45, 7) is 3.00. The van der Waals surface area contributed by atoms with Crippen LogP contribution in [0.25, 0.3) is 0 Å². The molecule has 1 atom stereocenters. The number of hydrogen-bond donors (Lipinski definition) is 1. The Balaban J connectivity index is 1.99. The van der Waals surface area contributed by atoms with Gasteiger partial charge in [0.25, 0.3) is 0 Å². The quantitative estimate of drug-likeness (QED) is 0.774. The molecule has 2 aromatic rings. The summed E-state index contributed by atoms with van der Waals surface area (Å²) in [4.78, 5) is 3.10. The van der Waals surface area contributed by atoms with Gasteiger partial charge in [-0.1, -0.05) is 24.3 Å². The standard InChI is InChI=1S/C17H18F4N2OS/c18-16(19)17(20,21)24-13-5-2-1-4-12(13)15(14-6-3-11-25-14)23-9-7-22-8-10-23/h1-6,11,15-16,22H,7-10H2/t15-/m1/s1. The SMILES string of the molecule is FC(F)C(F)(F)Oc1ccccc1[C@H](c1cccs1)N1CCNCC1. The Morgan fingerprint density at radius 3 is 2.44 bits per heavy atom. The van der Waals surface area contributed by atoms with Crippen molar-refractivity contribution in [3.8, 4) is 5.75 Å². The maximum Gasteiger partial charge on any atom is 0.461 e. The van der Waals surface area contributed by atoms with Crippen LogP contribution in [0.2, 0.25) is 0 Å². The van der Waals surface area contributed by atoms with Crippen LogP contribution in [0, 0.1) is 0 Å². The number of ether oxygens (including phenoxy) is 1. The fraction of sp³-hybridized carbons (Fsp3) is 0.412. The lowest BCUT2D eigenvalue weighted by Gasteiger charge is -2.35. The third kappa shape index (κ3) is 4.13. The maximum absolute atomic E-state index is 13.5. The molecule has 1 aromatic heterocycles. The summed E-state index contributed by atoms with van der Waals surface area (Å²) >= 11 is 1.50. The molecule has 0 saturated carbocycles. The van der Waals surface area contributed by atoms with Gasteiger partial charge in [0.15, 0.2) is 0 Å². The van der Waals surface area contributed by atoms with Crippen LogP contribution in [-0.2, 0) is 0 Å². The summed E-state index contributed by atoms with van der Waals surface area (Å²) < 4.78 is 56.5. The number of nitrogens with zero attached hydrogens (tertiary/aromatic N) is 1. The van der Waals surface area contributed by atoms with Gasteiger partial charge < -0.3 is 10.1 Å². The number of thiophene rings is 1.